The molecule has 0 atom stereocenters. The highest BCUT2D eigenvalue weighted by molar-refractivity contribution is 5.56. The van der Waals surface area contributed by atoms with Gasteiger partial charge in [-0.1, -0.05) is 6.07 Å². The van der Waals surface area contributed by atoms with Crippen molar-refractivity contribution in [1.82, 2.24) is 9.97 Å². The van der Waals surface area contributed by atoms with E-state index in [0.29, 0.717) is 5.49 Å². The SMILES string of the molecule is N=c1[nH]cccc1-c1ccccn1. The average Bonchev–Trinajstić information content (AvgIpc) is 2.20. The van der Waals surface area contributed by atoms with E-state index in [-0.39, 0.29) is 0 Å². The van der Waals surface area contributed by atoms with Gasteiger partial charge in [0.05, 0.1) is 5.69 Å². The van der Waals surface area contributed by atoms with Crippen LogP contribution in [0.3, 0.4) is 0 Å². The van der Waals surface area contributed by atoms with E-state index in [1.807, 2.05) is 30.3 Å². The Morgan fingerprint density at radius 1 is 1.15 bits per heavy atom. The zero-order valence-electron chi connectivity index (χ0n) is 6.99. The molecule has 0 aromatic carbocycles. The van der Waals surface area contributed by atoms with Crippen LogP contribution in [0, 0.1) is 5.41 Å². The van der Waals surface area contributed by atoms with E-state index >= 15 is 0 Å². The van der Waals surface area contributed by atoms with Crippen molar-refractivity contribution in [3.8, 4) is 11.3 Å². The lowest BCUT2D eigenvalue weighted by molar-refractivity contribution is 1.09. The molecule has 0 amide bonds. The first kappa shape index (κ1) is 7.73. The van der Waals surface area contributed by atoms with Crippen LogP contribution in [0.4, 0.5) is 0 Å². The molecule has 0 spiro atoms. The Hall–Kier alpha value is -1.90. The molecule has 3 heteroatoms. The van der Waals surface area contributed by atoms with Crippen molar-refractivity contribution in [3.63, 3.8) is 0 Å². The fourth-order valence-corrected chi connectivity index (χ4v) is 1.17. The molecule has 0 aliphatic heterocycles. The normalized spacial score (nSPS) is 9.85. The summed E-state index contributed by atoms with van der Waals surface area (Å²) in [7, 11) is 0. The first-order valence-electron chi connectivity index (χ1n) is 4.01. The zero-order valence-corrected chi connectivity index (χ0v) is 6.99. The number of hydrogen-bond acceptors (Lipinski definition) is 2. The summed E-state index contributed by atoms with van der Waals surface area (Å²) in [5.74, 6) is 0. The summed E-state index contributed by atoms with van der Waals surface area (Å²) in [5.41, 5.74) is 2.04. The van der Waals surface area contributed by atoms with Crippen molar-refractivity contribution in [2.75, 3.05) is 0 Å². The summed E-state index contributed by atoms with van der Waals surface area (Å²) in [6.07, 6.45) is 3.45. The van der Waals surface area contributed by atoms with E-state index < -0.39 is 0 Å². The molecular weight excluding hydrogens is 162 g/mol. The predicted octanol–water partition coefficient (Wildman–Crippen LogP) is 1.56. The number of aromatic amines is 1. The van der Waals surface area contributed by atoms with E-state index in [1.165, 1.54) is 0 Å². The maximum Gasteiger partial charge on any atom is 0.131 e. The number of nitrogens with zero attached hydrogens (tertiary/aromatic N) is 1. The third-order valence-electron chi connectivity index (χ3n) is 1.80. The molecule has 0 fully saturated rings. The van der Waals surface area contributed by atoms with Gasteiger partial charge in [0.1, 0.15) is 5.49 Å². The second-order valence-electron chi connectivity index (χ2n) is 2.67. The fraction of sp³-hybridized carbons (Fsp3) is 0. The van der Waals surface area contributed by atoms with Crippen molar-refractivity contribution in [2.24, 2.45) is 0 Å². The molecular formula is C10H9N3. The predicted molar refractivity (Wildman–Crippen MR) is 49.9 cm³/mol. The number of aromatic nitrogens is 2. The van der Waals surface area contributed by atoms with Crippen LogP contribution in [0.15, 0.2) is 42.7 Å². The number of rotatable bonds is 1. The van der Waals surface area contributed by atoms with E-state index in [9.17, 15) is 0 Å². The molecule has 3 nitrogen and oxygen atoms in total. The summed E-state index contributed by atoms with van der Waals surface area (Å²) in [6.45, 7) is 0. The van der Waals surface area contributed by atoms with Crippen molar-refractivity contribution in [2.45, 2.75) is 0 Å². The number of hydrogen-bond donors (Lipinski definition) is 2. The van der Waals surface area contributed by atoms with Gasteiger partial charge in [0.15, 0.2) is 0 Å². The second-order valence-corrected chi connectivity index (χ2v) is 2.67. The van der Waals surface area contributed by atoms with Crippen LogP contribution >= 0.6 is 0 Å². The minimum absolute atomic E-state index is 0.390. The Labute approximate surface area is 75.6 Å². The lowest BCUT2D eigenvalue weighted by Crippen LogP contribution is -2.07. The van der Waals surface area contributed by atoms with Gasteiger partial charge in [0, 0.05) is 18.0 Å². The molecule has 2 N–H and O–H groups in total. The third kappa shape index (κ3) is 1.49. The van der Waals surface area contributed by atoms with Gasteiger partial charge in [-0.3, -0.25) is 10.4 Å². The van der Waals surface area contributed by atoms with Gasteiger partial charge in [0.25, 0.3) is 0 Å². The van der Waals surface area contributed by atoms with Crippen LogP contribution < -0.4 is 5.49 Å². The van der Waals surface area contributed by atoms with Gasteiger partial charge in [-0.25, -0.2) is 0 Å². The van der Waals surface area contributed by atoms with Crippen molar-refractivity contribution >= 4 is 0 Å². The average molecular weight is 171 g/mol. The first-order valence-corrected chi connectivity index (χ1v) is 4.01. The van der Waals surface area contributed by atoms with Crippen LogP contribution in [-0.4, -0.2) is 9.97 Å². The first-order chi connectivity index (χ1) is 6.38. The highest BCUT2D eigenvalue weighted by Crippen LogP contribution is 2.08. The minimum atomic E-state index is 0.390. The van der Waals surface area contributed by atoms with Gasteiger partial charge in [-0.2, -0.15) is 0 Å². The van der Waals surface area contributed by atoms with Gasteiger partial charge < -0.3 is 4.98 Å². The Kier molecular flexibility index (Phi) is 1.92. The highest BCUT2D eigenvalue weighted by Gasteiger charge is 1.98. The summed E-state index contributed by atoms with van der Waals surface area (Å²) < 4.78 is 0. The molecule has 0 radical (unpaired) electrons. The maximum atomic E-state index is 7.61. The fourth-order valence-electron chi connectivity index (χ4n) is 1.17. The molecule has 13 heavy (non-hydrogen) atoms. The largest absolute Gasteiger partial charge is 0.347 e. The third-order valence-corrected chi connectivity index (χ3v) is 1.80. The topological polar surface area (TPSA) is 52.5 Å². The Morgan fingerprint density at radius 2 is 2.08 bits per heavy atom. The monoisotopic (exact) mass is 171 g/mol. The molecule has 2 aromatic rings. The molecule has 0 saturated heterocycles. The van der Waals surface area contributed by atoms with E-state index in [4.69, 9.17) is 5.41 Å². The number of H-pyrrole nitrogens is 1. The maximum absolute atomic E-state index is 7.61. The smallest absolute Gasteiger partial charge is 0.131 e. The van der Waals surface area contributed by atoms with Gasteiger partial charge in [-0.05, 0) is 24.3 Å². The van der Waals surface area contributed by atoms with Gasteiger partial charge in [0.2, 0.25) is 0 Å². The summed E-state index contributed by atoms with van der Waals surface area (Å²) in [6, 6.07) is 9.40. The summed E-state index contributed by atoms with van der Waals surface area (Å²) in [4.78, 5) is 6.99. The van der Waals surface area contributed by atoms with Crippen LogP contribution in [0.2, 0.25) is 0 Å². The zero-order chi connectivity index (χ0) is 9.10. The quantitative estimate of drug-likeness (QED) is 0.672. The molecule has 0 saturated carbocycles. The Bertz CT molecular complexity index is 445. The lowest BCUT2D eigenvalue weighted by atomic mass is 10.2. The molecule has 0 aliphatic rings. The minimum Gasteiger partial charge on any atom is -0.347 e. The molecule has 0 unspecified atom stereocenters. The standard InChI is InChI=1S/C10H9N3/c11-10-8(4-3-7-13-10)9-5-1-2-6-12-9/h1-7H,(H2,11,13). The lowest BCUT2D eigenvalue weighted by Gasteiger charge is -1.98. The van der Waals surface area contributed by atoms with Crippen molar-refractivity contribution in [1.29, 1.82) is 5.41 Å². The van der Waals surface area contributed by atoms with E-state index in [2.05, 4.69) is 9.97 Å². The summed E-state index contributed by atoms with van der Waals surface area (Å²) >= 11 is 0. The van der Waals surface area contributed by atoms with Crippen LogP contribution in [-0.2, 0) is 0 Å². The number of nitrogens with one attached hydrogen (secondary N) is 2. The van der Waals surface area contributed by atoms with Crippen molar-refractivity contribution in [3.05, 3.63) is 48.2 Å². The summed E-state index contributed by atoms with van der Waals surface area (Å²) in [5, 5.41) is 7.61. The van der Waals surface area contributed by atoms with Crippen LogP contribution in [0.25, 0.3) is 11.3 Å². The molecule has 2 rings (SSSR count). The van der Waals surface area contributed by atoms with Crippen LogP contribution in [0.1, 0.15) is 0 Å². The van der Waals surface area contributed by atoms with E-state index in [0.717, 1.165) is 11.3 Å². The molecule has 64 valence electrons. The Balaban J connectivity index is 2.60. The van der Waals surface area contributed by atoms with Crippen molar-refractivity contribution < 1.29 is 0 Å². The molecule has 0 bridgehead atoms. The molecule has 0 aliphatic carbocycles. The number of pyridine rings is 2. The molecule has 2 aromatic heterocycles. The second kappa shape index (κ2) is 3.23. The van der Waals surface area contributed by atoms with Crippen LogP contribution in [0.5, 0.6) is 0 Å². The van der Waals surface area contributed by atoms with Gasteiger partial charge >= 0.3 is 0 Å². The highest BCUT2D eigenvalue weighted by atomic mass is 14.7. The van der Waals surface area contributed by atoms with Gasteiger partial charge in [-0.15, -0.1) is 0 Å². The Morgan fingerprint density at radius 3 is 2.77 bits per heavy atom. The molecule has 2 heterocycles. The van der Waals surface area contributed by atoms with E-state index in [1.54, 1.807) is 12.4 Å².